The van der Waals surface area contributed by atoms with E-state index >= 15 is 0 Å². The van der Waals surface area contributed by atoms with Crippen LogP contribution in [0.5, 0.6) is 0 Å². The highest BCUT2D eigenvalue weighted by molar-refractivity contribution is 5.77. The van der Waals surface area contributed by atoms with Gasteiger partial charge in [-0.1, -0.05) is 0 Å². The van der Waals surface area contributed by atoms with Crippen LogP contribution in [0, 0.1) is 12.8 Å². The molecule has 2 aromatic heterocycles. The highest BCUT2D eigenvalue weighted by Gasteiger charge is 2.34. The number of pyridine rings is 1. The molecule has 2 fully saturated rings. The standard InChI is InChI=1S/C20H25N5O2/c1-13-5-19(26)22(2)18-12-24(11-17(13)18)20(27)6-14-8-23(9-14)16-7-21-25(10-16)15-3-4-15/h5,7,10,14-15H,3-4,6,8-9,11-12H2,1-2H3. The lowest BCUT2D eigenvalue weighted by Crippen LogP contribution is -2.48. The maximum atomic E-state index is 12.8. The lowest BCUT2D eigenvalue weighted by atomic mass is 9.95. The van der Waals surface area contributed by atoms with E-state index in [0.29, 0.717) is 31.5 Å². The first-order valence-corrected chi connectivity index (χ1v) is 9.75. The second kappa shape index (κ2) is 5.97. The molecule has 0 spiro atoms. The number of hydrogen-bond donors (Lipinski definition) is 0. The fourth-order valence-corrected chi connectivity index (χ4v) is 4.27. The van der Waals surface area contributed by atoms with Gasteiger partial charge in [0, 0.05) is 57.0 Å². The van der Waals surface area contributed by atoms with E-state index in [1.54, 1.807) is 17.7 Å². The molecular formula is C20H25N5O2. The summed E-state index contributed by atoms with van der Waals surface area (Å²) in [6.45, 7) is 4.96. The van der Waals surface area contributed by atoms with Crippen molar-refractivity contribution in [1.29, 1.82) is 0 Å². The zero-order valence-electron chi connectivity index (χ0n) is 15.9. The number of hydrogen-bond acceptors (Lipinski definition) is 4. The van der Waals surface area contributed by atoms with Gasteiger partial charge in [-0.3, -0.25) is 14.3 Å². The molecule has 7 heteroatoms. The van der Waals surface area contributed by atoms with Crippen LogP contribution in [0.1, 0.15) is 42.1 Å². The number of carbonyl (C=O) groups excluding carboxylic acids is 1. The van der Waals surface area contributed by atoms with Crippen LogP contribution in [-0.2, 0) is 24.9 Å². The molecule has 0 aromatic carbocycles. The van der Waals surface area contributed by atoms with Gasteiger partial charge in [0.25, 0.3) is 5.56 Å². The zero-order valence-corrected chi connectivity index (χ0v) is 15.9. The minimum absolute atomic E-state index is 0.00178. The summed E-state index contributed by atoms with van der Waals surface area (Å²) >= 11 is 0. The molecule has 0 atom stereocenters. The van der Waals surface area contributed by atoms with Crippen molar-refractivity contribution in [3.63, 3.8) is 0 Å². The van der Waals surface area contributed by atoms with E-state index in [9.17, 15) is 9.59 Å². The molecule has 142 valence electrons. The summed E-state index contributed by atoms with van der Waals surface area (Å²) in [6, 6.07) is 2.27. The molecular weight excluding hydrogens is 342 g/mol. The van der Waals surface area contributed by atoms with E-state index in [0.717, 1.165) is 29.9 Å². The van der Waals surface area contributed by atoms with E-state index in [1.165, 1.54) is 18.5 Å². The first-order chi connectivity index (χ1) is 13.0. The van der Waals surface area contributed by atoms with Gasteiger partial charge in [0.15, 0.2) is 0 Å². The Morgan fingerprint density at radius 2 is 2.04 bits per heavy atom. The molecule has 0 unspecified atom stereocenters. The first kappa shape index (κ1) is 16.6. The molecule has 2 aromatic rings. The number of anilines is 1. The van der Waals surface area contributed by atoms with Gasteiger partial charge >= 0.3 is 0 Å². The molecule has 1 saturated heterocycles. The molecule has 7 nitrogen and oxygen atoms in total. The minimum atomic E-state index is 0.00178. The summed E-state index contributed by atoms with van der Waals surface area (Å²) in [4.78, 5) is 28.9. The Bertz CT molecular complexity index is 965. The molecule has 0 bridgehead atoms. The molecule has 3 aliphatic rings. The van der Waals surface area contributed by atoms with E-state index in [-0.39, 0.29) is 11.5 Å². The number of rotatable bonds is 4. The van der Waals surface area contributed by atoms with Crippen molar-refractivity contribution in [1.82, 2.24) is 19.2 Å². The van der Waals surface area contributed by atoms with Crippen molar-refractivity contribution < 1.29 is 4.79 Å². The zero-order chi connectivity index (χ0) is 18.7. The number of carbonyl (C=O) groups is 1. The summed E-state index contributed by atoms with van der Waals surface area (Å²) in [5.41, 5.74) is 4.28. The number of amides is 1. The van der Waals surface area contributed by atoms with Crippen molar-refractivity contribution in [2.24, 2.45) is 13.0 Å². The number of nitrogens with zero attached hydrogens (tertiary/aromatic N) is 5. The SMILES string of the molecule is Cc1cc(=O)n(C)c2c1CN(C(=O)CC1CN(c3cnn(C4CC4)c3)C1)C2. The molecule has 1 saturated carbocycles. The number of aryl methyl sites for hydroxylation is 1. The maximum absolute atomic E-state index is 12.8. The summed E-state index contributed by atoms with van der Waals surface area (Å²) in [6.07, 6.45) is 7.13. The van der Waals surface area contributed by atoms with E-state index in [1.807, 2.05) is 18.0 Å². The fraction of sp³-hybridized carbons (Fsp3) is 0.550. The van der Waals surface area contributed by atoms with Gasteiger partial charge in [-0.2, -0.15) is 5.10 Å². The quantitative estimate of drug-likeness (QED) is 0.823. The molecule has 2 aliphatic heterocycles. The summed E-state index contributed by atoms with van der Waals surface area (Å²) in [7, 11) is 1.79. The molecule has 5 rings (SSSR count). The van der Waals surface area contributed by atoms with Gasteiger partial charge in [0.05, 0.1) is 24.5 Å². The molecule has 0 N–H and O–H groups in total. The van der Waals surface area contributed by atoms with Crippen molar-refractivity contribution in [2.75, 3.05) is 18.0 Å². The second-order valence-corrected chi connectivity index (χ2v) is 8.28. The smallest absolute Gasteiger partial charge is 0.250 e. The van der Waals surface area contributed by atoms with Gasteiger partial charge in [0.2, 0.25) is 5.91 Å². The predicted octanol–water partition coefficient (Wildman–Crippen LogP) is 1.59. The van der Waals surface area contributed by atoms with Crippen LogP contribution in [0.2, 0.25) is 0 Å². The summed E-state index contributed by atoms with van der Waals surface area (Å²) in [5.74, 6) is 0.590. The molecule has 1 aliphatic carbocycles. The van der Waals surface area contributed by atoms with Crippen LogP contribution >= 0.6 is 0 Å². The largest absolute Gasteiger partial charge is 0.368 e. The lowest BCUT2D eigenvalue weighted by Gasteiger charge is -2.40. The lowest BCUT2D eigenvalue weighted by molar-refractivity contribution is -0.133. The third kappa shape index (κ3) is 2.85. The van der Waals surface area contributed by atoms with Crippen molar-refractivity contribution >= 4 is 11.6 Å². The van der Waals surface area contributed by atoms with Crippen molar-refractivity contribution in [3.05, 3.63) is 45.6 Å². The Hall–Kier alpha value is -2.57. The van der Waals surface area contributed by atoms with Gasteiger partial charge in [0.1, 0.15) is 0 Å². The van der Waals surface area contributed by atoms with E-state index in [4.69, 9.17) is 0 Å². The highest BCUT2D eigenvalue weighted by Crippen LogP contribution is 2.36. The fourth-order valence-electron chi connectivity index (χ4n) is 4.27. The molecule has 0 radical (unpaired) electrons. The third-order valence-electron chi connectivity index (χ3n) is 6.24. The number of aromatic nitrogens is 3. The van der Waals surface area contributed by atoms with Crippen LogP contribution < -0.4 is 10.5 Å². The summed E-state index contributed by atoms with van der Waals surface area (Å²) < 4.78 is 3.75. The third-order valence-corrected chi connectivity index (χ3v) is 6.24. The topological polar surface area (TPSA) is 63.4 Å². The molecule has 1 amide bonds. The Labute approximate surface area is 158 Å². The van der Waals surface area contributed by atoms with Crippen LogP contribution in [-0.4, -0.2) is 38.2 Å². The van der Waals surface area contributed by atoms with Gasteiger partial charge < -0.3 is 14.4 Å². The van der Waals surface area contributed by atoms with Gasteiger partial charge in [-0.25, -0.2) is 0 Å². The van der Waals surface area contributed by atoms with Crippen molar-refractivity contribution in [3.8, 4) is 0 Å². The predicted molar refractivity (Wildman–Crippen MR) is 101 cm³/mol. The Morgan fingerprint density at radius 3 is 2.78 bits per heavy atom. The Kier molecular flexibility index (Phi) is 3.67. The van der Waals surface area contributed by atoms with Crippen LogP contribution in [0.4, 0.5) is 5.69 Å². The average molecular weight is 367 g/mol. The Morgan fingerprint density at radius 1 is 1.26 bits per heavy atom. The van der Waals surface area contributed by atoms with Crippen molar-refractivity contribution in [2.45, 2.75) is 45.3 Å². The summed E-state index contributed by atoms with van der Waals surface area (Å²) in [5, 5.41) is 4.45. The van der Waals surface area contributed by atoms with Gasteiger partial charge in [-0.15, -0.1) is 0 Å². The molecule has 4 heterocycles. The van der Waals surface area contributed by atoms with Gasteiger partial charge in [-0.05, 0) is 30.9 Å². The maximum Gasteiger partial charge on any atom is 0.250 e. The van der Waals surface area contributed by atoms with E-state index in [2.05, 4.69) is 20.9 Å². The first-order valence-electron chi connectivity index (χ1n) is 9.75. The Balaban J connectivity index is 1.18. The van der Waals surface area contributed by atoms with E-state index < -0.39 is 0 Å². The monoisotopic (exact) mass is 367 g/mol. The normalized spacial score (nSPS) is 19.3. The van der Waals surface area contributed by atoms with Crippen LogP contribution in [0.3, 0.4) is 0 Å². The molecule has 27 heavy (non-hydrogen) atoms. The number of fused-ring (bicyclic) bond motifs is 1. The highest BCUT2D eigenvalue weighted by atomic mass is 16.2. The second-order valence-electron chi connectivity index (χ2n) is 8.28. The average Bonchev–Trinajstić information content (AvgIpc) is 3.17. The van der Waals surface area contributed by atoms with Crippen LogP contribution in [0.15, 0.2) is 23.3 Å². The minimum Gasteiger partial charge on any atom is -0.368 e. The van der Waals surface area contributed by atoms with Crippen LogP contribution in [0.25, 0.3) is 0 Å².